The number of benzene rings is 2. The molecule has 0 aliphatic heterocycles. The first-order valence-electron chi connectivity index (χ1n) is 6.34. The molecule has 2 aromatic carbocycles. The summed E-state index contributed by atoms with van der Waals surface area (Å²) in [5.41, 5.74) is 1.44. The average molecular weight is 316 g/mol. The number of para-hydroxylation sites is 1. The van der Waals surface area contributed by atoms with Crippen molar-refractivity contribution in [1.29, 1.82) is 0 Å². The van der Waals surface area contributed by atoms with E-state index in [1.54, 1.807) is 30.3 Å². The minimum atomic E-state index is -0.447. The molecule has 1 heterocycles. The van der Waals surface area contributed by atoms with Crippen LogP contribution in [0.4, 0.5) is 5.69 Å². The van der Waals surface area contributed by atoms with E-state index in [2.05, 4.69) is 9.97 Å². The maximum atomic E-state index is 11.4. The van der Waals surface area contributed by atoms with Crippen molar-refractivity contribution in [3.63, 3.8) is 0 Å². The van der Waals surface area contributed by atoms with Gasteiger partial charge in [-0.3, -0.25) is 10.1 Å². The smallest absolute Gasteiger partial charge is 0.279 e. The molecule has 0 saturated carbocycles. The maximum Gasteiger partial charge on any atom is 0.279 e. The van der Waals surface area contributed by atoms with E-state index in [9.17, 15) is 10.1 Å². The Morgan fingerprint density at radius 2 is 2.00 bits per heavy atom. The number of nitrogens with zero attached hydrogens (tertiary/aromatic N) is 3. The molecule has 0 radical (unpaired) electrons. The van der Waals surface area contributed by atoms with E-state index in [-0.39, 0.29) is 11.0 Å². The van der Waals surface area contributed by atoms with Gasteiger partial charge in [0.2, 0.25) is 5.28 Å². The molecule has 0 amide bonds. The zero-order valence-electron chi connectivity index (χ0n) is 11.5. The third kappa shape index (κ3) is 2.44. The van der Waals surface area contributed by atoms with E-state index in [1.165, 1.54) is 19.4 Å². The predicted octanol–water partition coefficient (Wildman–Crippen LogP) is 3.87. The second kappa shape index (κ2) is 5.57. The second-order valence-electron chi connectivity index (χ2n) is 4.52. The van der Waals surface area contributed by atoms with Crippen molar-refractivity contribution in [1.82, 2.24) is 9.97 Å². The van der Waals surface area contributed by atoms with Gasteiger partial charge in [0, 0.05) is 23.2 Å². The predicted molar refractivity (Wildman–Crippen MR) is 83.2 cm³/mol. The first-order valence-corrected chi connectivity index (χ1v) is 6.72. The fourth-order valence-electron chi connectivity index (χ4n) is 2.28. The monoisotopic (exact) mass is 315 g/mol. The molecule has 0 aliphatic carbocycles. The van der Waals surface area contributed by atoms with Gasteiger partial charge in [-0.1, -0.05) is 18.2 Å². The number of nitro groups is 1. The number of ether oxygens (including phenoxy) is 1. The summed E-state index contributed by atoms with van der Waals surface area (Å²) in [4.78, 5) is 18.9. The van der Waals surface area contributed by atoms with Crippen molar-refractivity contribution in [3.05, 3.63) is 58.0 Å². The number of fused-ring (bicyclic) bond motifs is 1. The van der Waals surface area contributed by atoms with E-state index in [4.69, 9.17) is 16.3 Å². The summed E-state index contributed by atoms with van der Waals surface area (Å²) >= 11 is 5.74. The van der Waals surface area contributed by atoms with Crippen LogP contribution in [0.15, 0.2) is 42.6 Å². The molecule has 1 aromatic heterocycles. The van der Waals surface area contributed by atoms with Gasteiger partial charge in [-0.05, 0) is 23.7 Å². The van der Waals surface area contributed by atoms with Gasteiger partial charge in [0.15, 0.2) is 0 Å². The van der Waals surface area contributed by atoms with Crippen LogP contribution in [0.25, 0.3) is 22.0 Å². The molecule has 0 aliphatic rings. The van der Waals surface area contributed by atoms with Crippen molar-refractivity contribution in [2.75, 3.05) is 7.11 Å². The molecule has 7 heteroatoms. The zero-order chi connectivity index (χ0) is 15.7. The molecule has 0 atom stereocenters. The Hall–Kier alpha value is -2.73. The van der Waals surface area contributed by atoms with E-state index in [1.807, 2.05) is 0 Å². The molecule has 22 heavy (non-hydrogen) atoms. The van der Waals surface area contributed by atoms with Gasteiger partial charge >= 0.3 is 0 Å². The molecule has 3 rings (SSSR count). The average Bonchev–Trinajstić information content (AvgIpc) is 2.53. The minimum absolute atomic E-state index is 0.0480. The lowest BCUT2D eigenvalue weighted by atomic mass is 10.0. The first kappa shape index (κ1) is 14.2. The van der Waals surface area contributed by atoms with Gasteiger partial charge in [-0.15, -0.1) is 0 Å². The number of rotatable bonds is 3. The number of nitro benzene ring substituents is 1. The van der Waals surface area contributed by atoms with Crippen LogP contribution in [-0.4, -0.2) is 22.0 Å². The van der Waals surface area contributed by atoms with E-state index in [0.717, 1.165) is 0 Å². The molecule has 0 fully saturated rings. The van der Waals surface area contributed by atoms with E-state index in [0.29, 0.717) is 27.8 Å². The number of halogens is 1. The third-order valence-electron chi connectivity index (χ3n) is 3.26. The quantitative estimate of drug-likeness (QED) is 0.416. The normalized spacial score (nSPS) is 10.6. The molecular formula is C15H10ClN3O3. The summed E-state index contributed by atoms with van der Waals surface area (Å²) in [6, 6.07) is 10.2. The van der Waals surface area contributed by atoms with Gasteiger partial charge in [-0.2, -0.15) is 0 Å². The van der Waals surface area contributed by atoms with Crippen molar-refractivity contribution in [3.8, 4) is 16.9 Å². The Kier molecular flexibility index (Phi) is 3.60. The van der Waals surface area contributed by atoms with Crippen molar-refractivity contribution in [2.24, 2.45) is 0 Å². The summed E-state index contributed by atoms with van der Waals surface area (Å²) in [6.45, 7) is 0. The highest BCUT2D eigenvalue weighted by Gasteiger charge is 2.20. The van der Waals surface area contributed by atoms with Gasteiger partial charge in [-0.25, -0.2) is 9.97 Å². The number of hydrogen-bond donors (Lipinski definition) is 0. The molecule has 0 unspecified atom stereocenters. The SMILES string of the molecule is COc1ccccc1-c1cc2cnc(Cl)nc2cc1[N+](=O)[O-]. The molecule has 110 valence electrons. The number of methoxy groups -OCH3 is 1. The molecular weight excluding hydrogens is 306 g/mol. The van der Waals surface area contributed by atoms with Crippen LogP contribution in [-0.2, 0) is 0 Å². The van der Waals surface area contributed by atoms with Crippen LogP contribution in [0.2, 0.25) is 5.28 Å². The molecule has 0 bridgehead atoms. The molecule has 0 spiro atoms. The van der Waals surface area contributed by atoms with E-state index >= 15 is 0 Å². The van der Waals surface area contributed by atoms with Gasteiger partial charge in [0.25, 0.3) is 5.69 Å². The van der Waals surface area contributed by atoms with Crippen LogP contribution in [0.5, 0.6) is 5.75 Å². The lowest BCUT2D eigenvalue weighted by Gasteiger charge is -2.09. The summed E-state index contributed by atoms with van der Waals surface area (Å²) in [5, 5.41) is 12.1. The zero-order valence-corrected chi connectivity index (χ0v) is 12.2. The standard InChI is InChI=1S/C15H10ClN3O3/c1-22-14-5-3-2-4-10(14)11-6-9-8-17-15(16)18-12(9)7-13(11)19(20)21/h2-8H,1H3. The number of aromatic nitrogens is 2. The summed E-state index contributed by atoms with van der Waals surface area (Å²) in [6.07, 6.45) is 1.54. The lowest BCUT2D eigenvalue weighted by molar-refractivity contribution is -0.384. The fraction of sp³-hybridized carbons (Fsp3) is 0.0667. The fourth-order valence-corrected chi connectivity index (χ4v) is 2.42. The summed E-state index contributed by atoms with van der Waals surface area (Å²) in [7, 11) is 1.52. The highest BCUT2D eigenvalue weighted by molar-refractivity contribution is 6.28. The van der Waals surface area contributed by atoms with Crippen LogP contribution in [0, 0.1) is 10.1 Å². The lowest BCUT2D eigenvalue weighted by Crippen LogP contribution is -1.96. The largest absolute Gasteiger partial charge is 0.496 e. The Morgan fingerprint density at radius 1 is 1.23 bits per heavy atom. The third-order valence-corrected chi connectivity index (χ3v) is 3.44. The molecule has 6 nitrogen and oxygen atoms in total. The van der Waals surface area contributed by atoms with Crippen LogP contribution < -0.4 is 4.74 Å². The summed E-state index contributed by atoms with van der Waals surface area (Å²) < 4.78 is 5.29. The van der Waals surface area contributed by atoms with Crippen LogP contribution in [0.3, 0.4) is 0 Å². The van der Waals surface area contributed by atoms with Gasteiger partial charge in [0.05, 0.1) is 23.1 Å². The first-order chi connectivity index (χ1) is 10.6. The second-order valence-corrected chi connectivity index (χ2v) is 4.86. The van der Waals surface area contributed by atoms with Gasteiger partial charge < -0.3 is 4.74 Å². The van der Waals surface area contributed by atoms with Crippen molar-refractivity contribution in [2.45, 2.75) is 0 Å². The van der Waals surface area contributed by atoms with Crippen LogP contribution in [0.1, 0.15) is 0 Å². The molecule has 0 saturated heterocycles. The molecule has 3 aromatic rings. The summed E-state index contributed by atoms with van der Waals surface area (Å²) in [5.74, 6) is 0.555. The van der Waals surface area contributed by atoms with Crippen molar-refractivity contribution >= 4 is 28.2 Å². The Morgan fingerprint density at radius 3 is 2.73 bits per heavy atom. The van der Waals surface area contributed by atoms with Crippen molar-refractivity contribution < 1.29 is 9.66 Å². The van der Waals surface area contributed by atoms with Gasteiger partial charge in [0.1, 0.15) is 5.75 Å². The highest BCUT2D eigenvalue weighted by Crippen LogP contribution is 2.38. The van der Waals surface area contributed by atoms with E-state index < -0.39 is 4.92 Å². The Labute approximate surface area is 130 Å². The Balaban J connectivity index is 2.34. The number of hydrogen-bond acceptors (Lipinski definition) is 5. The topological polar surface area (TPSA) is 78.2 Å². The van der Waals surface area contributed by atoms with Crippen LogP contribution >= 0.6 is 11.6 Å². The maximum absolute atomic E-state index is 11.4. The highest BCUT2D eigenvalue weighted by atomic mass is 35.5. The Bertz CT molecular complexity index is 883. The molecule has 0 N–H and O–H groups in total. The minimum Gasteiger partial charge on any atom is -0.496 e.